The molecular formula is C13H16BrN3O2. The standard InChI is InChI=1S/C13H16BrN3O2/c14-10-1-2-11(13(7-10)17(18)19)15-12-8-16-5-3-9(12)4-6-16/h1-2,7,9,12,15H,3-6,8H2/t12-/m0/s1. The summed E-state index contributed by atoms with van der Waals surface area (Å²) in [7, 11) is 0. The quantitative estimate of drug-likeness (QED) is 0.685. The highest BCUT2D eigenvalue weighted by Gasteiger charge is 2.34. The van der Waals surface area contributed by atoms with Crippen molar-refractivity contribution in [3.8, 4) is 0 Å². The molecule has 3 aliphatic rings. The number of anilines is 1. The highest BCUT2D eigenvalue weighted by atomic mass is 79.9. The van der Waals surface area contributed by atoms with Crippen molar-refractivity contribution in [2.24, 2.45) is 5.92 Å². The second kappa shape index (κ2) is 5.09. The Morgan fingerprint density at radius 1 is 1.37 bits per heavy atom. The van der Waals surface area contributed by atoms with Crippen LogP contribution in [0.4, 0.5) is 11.4 Å². The van der Waals surface area contributed by atoms with Crippen LogP contribution in [0, 0.1) is 16.0 Å². The number of hydrogen-bond acceptors (Lipinski definition) is 4. The smallest absolute Gasteiger partial charge is 0.293 e. The molecule has 0 amide bonds. The van der Waals surface area contributed by atoms with Gasteiger partial charge in [-0.3, -0.25) is 10.1 Å². The summed E-state index contributed by atoms with van der Waals surface area (Å²) in [6.07, 6.45) is 2.39. The Bertz CT molecular complexity index is 501. The van der Waals surface area contributed by atoms with E-state index >= 15 is 0 Å². The summed E-state index contributed by atoms with van der Waals surface area (Å²) in [4.78, 5) is 13.2. The zero-order valence-corrected chi connectivity index (χ0v) is 12.1. The first-order chi connectivity index (χ1) is 9.13. The highest BCUT2D eigenvalue weighted by Crippen LogP contribution is 2.33. The van der Waals surface area contributed by atoms with Crippen molar-refractivity contribution in [2.75, 3.05) is 25.0 Å². The molecule has 19 heavy (non-hydrogen) atoms. The van der Waals surface area contributed by atoms with Gasteiger partial charge in [-0.1, -0.05) is 15.9 Å². The maximum absolute atomic E-state index is 11.1. The van der Waals surface area contributed by atoms with Crippen molar-refractivity contribution in [1.82, 2.24) is 4.90 Å². The van der Waals surface area contributed by atoms with Gasteiger partial charge in [-0.05, 0) is 44.0 Å². The van der Waals surface area contributed by atoms with Crippen LogP contribution in [0.3, 0.4) is 0 Å². The molecule has 3 aliphatic heterocycles. The lowest BCUT2D eigenvalue weighted by molar-refractivity contribution is -0.384. The topological polar surface area (TPSA) is 58.4 Å². The van der Waals surface area contributed by atoms with Crippen LogP contribution in [0.2, 0.25) is 0 Å². The summed E-state index contributed by atoms with van der Waals surface area (Å²) >= 11 is 3.28. The number of nitro groups is 1. The number of rotatable bonds is 3. The van der Waals surface area contributed by atoms with Crippen LogP contribution in [-0.2, 0) is 0 Å². The zero-order chi connectivity index (χ0) is 13.4. The van der Waals surface area contributed by atoms with Gasteiger partial charge in [0.2, 0.25) is 0 Å². The van der Waals surface area contributed by atoms with Gasteiger partial charge in [0.05, 0.1) is 4.92 Å². The van der Waals surface area contributed by atoms with E-state index in [0.717, 1.165) is 11.0 Å². The van der Waals surface area contributed by atoms with Crippen LogP contribution in [0.25, 0.3) is 0 Å². The molecule has 1 aromatic rings. The molecule has 3 saturated heterocycles. The summed E-state index contributed by atoms with van der Waals surface area (Å²) < 4.78 is 0.735. The summed E-state index contributed by atoms with van der Waals surface area (Å²) in [5.41, 5.74) is 0.776. The van der Waals surface area contributed by atoms with Crippen LogP contribution >= 0.6 is 15.9 Å². The second-order valence-corrected chi connectivity index (χ2v) is 6.22. The van der Waals surface area contributed by atoms with E-state index in [2.05, 4.69) is 26.1 Å². The lowest BCUT2D eigenvalue weighted by Gasteiger charge is -2.45. The molecule has 5 nitrogen and oxygen atoms in total. The van der Waals surface area contributed by atoms with Gasteiger partial charge in [0.25, 0.3) is 5.69 Å². The van der Waals surface area contributed by atoms with Gasteiger partial charge in [0, 0.05) is 23.1 Å². The van der Waals surface area contributed by atoms with Crippen LogP contribution in [0.5, 0.6) is 0 Å². The van der Waals surface area contributed by atoms with Crippen molar-refractivity contribution in [3.05, 3.63) is 32.8 Å². The van der Waals surface area contributed by atoms with Crippen LogP contribution in [0.15, 0.2) is 22.7 Å². The van der Waals surface area contributed by atoms with Gasteiger partial charge in [-0.2, -0.15) is 0 Å². The van der Waals surface area contributed by atoms with Gasteiger partial charge < -0.3 is 10.2 Å². The van der Waals surface area contributed by atoms with E-state index in [-0.39, 0.29) is 10.6 Å². The minimum atomic E-state index is -0.325. The maximum Gasteiger partial charge on any atom is 0.293 e. The average Bonchev–Trinajstić information content (AvgIpc) is 2.42. The van der Waals surface area contributed by atoms with Crippen molar-refractivity contribution in [1.29, 1.82) is 0 Å². The Balaban J connectivity index is 1.81. The molecule has 3 heterocycles. The van der Waals surface area contributed by atoms with Crippen molar-refractivity contribution < 1.29 is 4.92 Å². The molecule has 2 bridgehead atoms. The third-order valence-electron chi connectivity index (χ3n) is 4.15. The molecule has 0 aliphatic carbocycles. The van der Waals surface area contributed by atoms with E-state index in [4.69, 9.17) is 0 Å². The van der Waals surface area contributed by atoms with E-state index in [1.165, 1.54) is 25.9 Å². The Morgan fingerprint density at radius 3 is 2.68 bits per heavy atom. The normalized spacial score (nSPS) is 29.2. The minimum Gasteiger partial charge on any atom is -0.375 e. The van der Waals surface area contributed by atoms with Gasteiger partial charge in [-0.15, -0.1) is 0 Å². The fourth-order valence-corrected chi connectivity index (χ4v) is 3.46. The molecule has 4 rings (SSSR count). The molecule has 6 heteroatoms. The molecule has 0 aromatic heterocycles. The number of fused-ring (bicyclic) bond motifs is 3. The number of piperidine rings is 3. The zero-order valence-electron chi connectivity index (χ0n) is 10.5. The van der Waals surface area contributed by atoms with E-state index in [0.29, 0.717) is 17.6 Å². The Morgan fingerprint density at radius 2 is 2.11 bits per heavy atom. The highest BCUT2D eigenvalue weighted by molar-refractivity contribution is 9.10. The van der Waals surface area contributed by atoms with E-state index < -0.39 is 0 Å². The van der Waals surface area contributed by atoms with Gasteiger partial charge in [-0.25, -0.2) is 0 Å². The first-order valence-corrected chi connectivity index (χ1v) is 7.35. The molecule has 0 radical (unpaired) electrons. The van der Waals surface area contributed by atoms with Crippen LogP contribution in [0.1, 0.15) is 12.8 Å². The molecule has 0 saturated carbocycles. The number of nitrogens with zero attached hydrogens (tertiary/aromatic N) is 2. The Labute approximate surface area is 120 Å². The number of nitrogens with one attached hydrogen (secondary N) is 1. The Kier molecular flexibility index (Phi) is 3.45. The van der Waals surface area contributed by atoms with Crippen LogP contribution in [-0.4, -0.2) is 35.5 Å². The molecule has 102 valence electrons. The van der Waals surface area contributed by atoms with Crippen molar-refractivity contribution >= 4 is 27.3 Å². The molecule has 1 N–H and O–H groups in total. The number of nitro benzene ring substituents is 1. The molecule has 3 fully saturated rings. The fraction of sp³-hybridized carbons (Fsp3) is 0.538. The van der Waals surface area contributed by atoms with Gasteiger partial charge in [0.1, 0.15) is 5.69 Å². The second-order valence-electron chi connectivity index (χ2n) is 5.31. The predicted molar refractivity (Wildman–Crippen MR) is 77.4 cm³/mol. The van der Waals surface area contributed by atoms with Crippen molar-refractivity contribution in [3.63, 3.8) is 0 Å². The number of halogens is 1. The summed E-state index contributed by atoms with van der Waals surface area (Å²) in [5, 5.41) is 14.5. The fourth-order valence-electron chi connectivity index (χ4n) is 3.11. The number of benzene rings is 1. The lowest BCUT2D eigenvalue weighted by atomic mass is 9.84. The molecule has 1 aromatic carbocycles. The predicted octanol–water partition coefficient (Wildman–Crippen LogP) is 2.86. The van der Waals surface area contributed by atoms with Gasteiger partial charge >= 0.3 is 0 Å². The van der Waals surface area contributed by atoms with Crippen LogP contribution < -0.4 is 5.32 Å². The molecular weight excluding hydrogens is 310 g/mol. The van der Waals surface area contributed by atoms with E-state index in [9.17, 15) is 10.1 Å². The first kappa shape index (κ1) is 12.9. The molecule has 1 atom stereocenters. The first-order valence-electron chi connectivity index (χ1n) is 6.56. The van der Waals surface area contributed by atoms with E-state index in [1.807, 2.05) is 6.07 Å². The molecule has 0 spiro atoms. The van der Waals surface area contributed by atoms with E-state index in [1.54, 1.807) is 12.1 Å². The third-order valence-corrected chi connectivity index (χ3v) is 4.65. The average molecular weight is 326 g/mol. The summed E-state index contributed by atoms with van der Waals surface area (Å²) in [5.74, 6) is 0.647. The Hall–Kier alpha value is -1.14. The lowest BCUT2D eigenvalue weighted by Crippen LogP contribution is -2.53. The molecule has 0 unspecified atom stereocenters. The largest absolute Gasteiger partial charge is 0.375 e. The van der Waals surface area contributed by atoms with Crippen molar-refractivity contribution in [2.45, 2.75) is 18.9 Å². The minimum absolute atomic E-state index is 0.144. The maximum atomic E-state index is 11.1. The third kappa shape index (κ3) is 2.60. The monoisotopic (exact) mass is 325 g/mol. The van der Waals surface area contributed by atoms with Gasteiger partial charge in [0.15, 0.2) is 0 Å². The number of hydrogen-bond donors (Lipinski definition) is 1. The summed E-state index contributed by atoms with van der Waals surface area (Å²) in [6.45, 7) is 3.34. The summed E-state index contributed by atoms with van der Waals surface area (Å²) in [6, 6.07) is 5.53. The SMILES string of the molecule is O=[N+]([O-])c1cc(Br)ccc1N[C@H]1CN2CCC1CC2.